The van der Waals surface area contributed by atoms with Crippen LogP contribution in [0.5, 0.6) is 0 Å². The molecule has 1 amide bonds. The molecule has 0 radical (unpaired) electrons. The van der Waals surface area contributed by atoms with Crippen molar-refractivity contribution in [3.63, 3.8) is 0 Å². The van der Waals surface area contributed by atoms with Gasteiger partial charge in [0.1, 0.15) is 6.54 Å². The second-order valence-electron chi connectivity index (χ2n) is 6.29. The number of amides is 1. The third-order valence-electron chi connectivity index (χ3n) is 4.93. The Morgan fingerprint density at radius 1 is 1.11 bits per heavy atom. The molecule has 0 aliphatic heterocycles. The van der Waals surface area contributed by atoms with Gasteiger partial charge in [0.2, 0.25) is 5.91 Å². The summed E-state index contributed by atoms with van der Waals surface area (Å²) in [6.07, 6.45) is 7.68. The maximum Gasteiger partial charge on any atom is 0.323 e. The number of carbonyl (C=O) groups is 2. The molecule has 0 heterocycles. The lowest BCUT2D eigenvalue weighted by Gasteiger charge is -2.26. The first-order valence-electron chi connectivity index (χ1n) is 7.14. The molecule has 0 aromatic rings. The summed E-state index contributed by atoms with van der Waals surface area (Å²) in [5, 5.41) is 8.88. The third kappa shape index (κ3) is 2.38. The monoisotopic (exact) mass is 251 g/mol. The number of rotatable bonds is 5. The van der Waals surface area contributed by atoms with Gasteiger partial charge in [-0.25, -0.2) is 0 Å². The molecule has 100 valence electrons. The van der Waals surface area contributed by atoms with Crippen LogP contribution in [0, 0.1) is 17.8 Å². The molecule has 3 fully saturated rings. The van der Waals surface area contributed by atoms with Crippen LogP contribution in [-0.4, -0.2) is 34.5 Å². The van der Waals surface area contributed by atoms with E-state index in [1.807, 2.05) is 0 Å². The highest BCUT2D eigenvalue weighted by Gasteiger charge is 2.42. The molecule has 4 nitrogen and oxygen atoms in total. The van der Waals surface area contributed by atoms with Crippen molar-refractivity contribution in [1.82, 2.24) is 4.90 Å². The SMILES string of the molecule is O=C(O)CN(C(=O)CC1CC2CCC1C2)C1CC1. The summed E-state index contributed by atoms with van der Waals surface area (Å²) in [6.45, 7) is -0.107. The zero-order valence-electron chi connectivity index (χ0n) is 10.7. The maximum absolute atomic E-state index is 12.3. The van der Waals surface area contributed by atoms with Gasteiger partial charge >= 0.3 is 5.97 Å². The molecule has 0 saturated heterocycles. The second kappa shape index (κ2) is 4.56. The van der Waals surface area contributed by atoms with Crippen LogP contribution >= 0.6 is 0 Å². The van der Waals surface area contributed by atoms with Gasteiger partial charge in [-0.3, -0.25) is 9.59 Å². The Hall–Kier alpha value is -1.06. The van der Waals surface area contributed by atoms with Crippen molar-refractivity contribution in [3.05, 3.63) is 0 Å². The quantitative estimate of drug-likeness (QED) is 0.811. The molecule has 0 spiro atoms. The Morgan fingerprint density at radius 3 is 2.39 bits per heavy atom. The van der Waals surface area contributed by atoms with Crippen LogP contribution in [0.1, 0.15) is 44.9 Å². The number of aliphatic carboxylic acids is 1. The van der Waals surface area contributed by atoms with Crippen molar-refractivity contribution in [2.45, 2.75) is 51.0 Å². The average Bonchev–Trinajstić information content (AvgIpc) is 2.95. The molecule has 3 aliphatic carbocycles. The van der Waals surface area contributed by atoms with Crippen molar-refractivity contribution < 1.29 is 14.7 Å². The number of nitrogens with zero attached hydrogens (tertiary/aromatic N) is 1. The Labute approximate surface area is 107 Å². The fourth-order valence-electron chi connectivity index (χ4n) is 3.92. The van der Waals surface area contributed by atoms with E-state index in [0.29, 0.717) is 12.3 Å². The van der Waals surface area contributed by atoms with E-state index < -0.39 is 5.97 Å². The number of carboxylic acid groups (broad SMARTS) is 1. The first-order chi connectivity index (χ1) is 8.63. The first kappa shape index (κ1) is 12.0. The summed E-state index contributed by atoms with van der Waals surface area (Å²) in [7, 11) is 0. The van der Waals surface area contributed by atoms with Crippen LogP contribution in [0.3, 0.4) is 0 Å². The summed E-state index contributed by atoms with van der Waals surface area (Å²) in [5.74, 6) is 1.32. The van der Waals surface area contributed by atoms with Crippen molar-refractivity contribution in [1.29, 1.82) is 0 Å². The van der Waals surface area contributed by atoms with Crippen LogP contribution in [0.15, 0.2) is 0 Å². The minimum Gasteiger partial charge on any atom is -0.480 e. The van der Waals surface area contributed by atoms with Gasteiger partial charge in [0.15, 0.2) is 0 Å². The van der Waals surface area contributed by atoms with E-state index in [-0.39, 0.29) is 18.5 Å². The van der Waals surface area contributed by atoms with E-state index in [1.54, 1.807) is 4.90 Å². The highest BCUT2D eigenvalue weighted by atomic mass is 16.4. The molecule has 4 heteroatoms. The normalized spacial score (nSPS) is 33.7. The highest BCUT2D eigenvalue weighted by Crippen LogP contribution is 2.49. The van der Waals surface area contributed by atoms with Gasteiger partial charge in [-0.15, -0.1) is 0 Å². The second-order valence-corrected chi connectivity index (χ2v) is 6.29. The lowest BCUT2D eigenvalue weighted by molar-refractivity contribution is -0.145. The Kier molecular flexibility index (Phi) is 3.04. The van der Waals surface area contributed by atoms with E-state index in [0.717, 1.165) is 24.7 Å². The molecule has 3 aliphatic rings. The van der Waals surface area contributed by atoms with Crippen molar-refractivity contribution >= 4 is 11.9 Å². The Morgan fingerprint density at radius 2 is 1.89 bits per heavy atom. The highest BCUT2D eigenvalue weighted by molar-refractivity contribution is 5.82. The van der Waals surface area contributed by atoms with Gasteiger partial charge in [0.25, 0.3) is 0 Å². The first-order valence-corrected chi connectivity index (χ1v) is 7.14. The Bertz CT molecular complexity index is 364. The minimum atomic E-state index is -0.886. The summed E-state index contributed by atoms with van der Waals surface area (Å²) < 4.78 is 0. The fraction of sp³-hybridized carbons (Fsp3) is 0.857. The van der Waals surface area contributed by atoms with E-state index in [4.69, 9.17) is 5.11 Å². The lowest BCUT2D eigenvalue weighted by atomic mass is 9.86. The number of hydrogen-bond acceptors (Lipinski definition) is 2. The minimum absolute atomic E-state index is 0.0810. The number of carbonyl (C=O) groups excluding carboxylic acids is 1. The summed E-state index contributed by atoms with van der Waals surface area (Å²) in [4.78, 5) is 24.7. The molecule has 1 N–H and O–H groups in total. The number of hydrogen-bond donors (Lipinski definition) is 1. The van der Waals surface area contributed by atoms with Gasteiger partial charge in [-0.1, -0.05) is 6.42 Å². The van der Waals surface area contributed by atoms with Gasteiger partial charge in [0, 0.05) is 12.5 Å². The van der Waals surface area contributed by atoms with Gasteiger partial charge in [-0.05, 0) is 49.9 Å². The van der Waals surface area contributed by atoms with Crippen molar-refractivity contribution in [3.8, 4) is 0 Å². The molecule has 3 atom stereocenters. The molecule has 2 bridgehead atoms. The van der Waals surface area contributed by atoms with E-state index in [1.165, 1.54) is 25.7 Å². The molecule has 3 unspecified atom stereocenters. The zero-order valence-corrected chi connectivity index (χ0v) is 10.7. The van der Waals surface area contributed by atoms with Crippen LogP contribution in [0.25, 0.3) is 0 Å². The Balaban J connectivity index is 1.57. The number of fused-ring (bicyclic) bond motifs is 2. The molecule has 0 aromatic heterocycles. The van der Waals surface area contributed by atoms with E-state index in [9.17, 15) is 9.59 Å². The van der Waals surface area contributed by atoms with Crippen LogP contribution in [0.4, 0.5) is 0 Å². The third-order valence-corrected chi connectivity index (χ3v) is 4.93. The molecule has 3 saturated carbocycles. The van der Waals surface area contributed by atoms with Gasteiger partial charge in [0.05, 0.1) is 0 Å². The summed E-state index contributed by atoms with van der Waals surface area (Å²) in [5.41, 5.74) is 0. The largest absolute Gasteiger partial charge is 0.480 e. The zero-order chi connectivity index (χ0) is 12.7. The van der Waals surface area contributed by atoms with Crippen molar-refractivity contribution in [2.75, 3.05) is 6.54 Å². The number of carboxylic acids is 1. The molecular weight excluding hydrogens is 230 g/mol. The van der Waals surface area contributed by atoms with Gasteiger partial charge in [-0.2, -0.15) is 0 Å². The standard InChI is InChI=1S/C14H21NO3/c16-13(15(8-14(17)18)12-3-4-12)7-11-6-9-1-2-10(11)5-9/h9-12H,1-8H2,(H,17,18). The predicted octanol–water partition coefficient (Wildman–Crippen LogP) is 1.89. The summed E-state index contributed by atoms with van der Waals surface area (Å²) >= 11 is 0. The van der Waals surface area contributed by atoms with E-state index >= 15 is 0 Å². The molecule has 0 aromatic carbocycles. The topological polar surface area (TPSA) is 57.6 Å². The summed E-state index contributed by atoms with van der Waals surface area (Å²) in [6, 6.07) is 0.215. The maximum atomic E-state index is 12.3. The van der Waals surface area contributed by atoms with Crippen LogP contribution in [-0.2, 0) is 9.59 Å². The smallest absolute Gasteiger partial charge is 0.323 e. The molecular formula is C14H21NO3. The predicted molar refractivity (Wildman–Crippen MR) is 65.9 cm³/mol. The van der Waals surface area contributed by atoms with Crippen LogP contribution in [0.2, 0.25) is 0 Å². The molecule has 3 rings (SSSR count). The van der Waals surface area contributed by atoms with Crippen LogP contribution < -0.4 is 0 Å². The average molecular weight is 251 g/mol. The van der Waals surface area contributed by atoms with E-state index in [2.05, 4.69) is 0 Å². The van der Waals surface area contributed by atoms with Crippen molar-refractivity contribution in [2.24, 2.45) is 17.8 Å². The lowest BCUT2D eigenvalue weighted by Crippen LogP contribution is -2.38. The molecule has 18 heavy (non-hydrogen) atoms. The van der Waals surface area contributed by atoms with Gasteiger partial charge < -0.3 is 10.0 Å². The fourth-order valence-corrected chi connectivity index (χ4v) is 3.92.